The van der Waals surface area contributed by atoms with Crippen molar-refractivity contribution in [1.29, 1.82) is 0 Å². The molecule has 2 aromatic heterocycles. The first-order valence-corrected chi connectivity index (χ1v) is 18.3. The van der Waals surface area contributed by atoms with Crippen LogP contribution in [0.1, 0.15) is 0 Å². The van der Waals surface area contributed by atoms with E-state index in [2.05, 4.69) is 0 Å². The molecular weight excluding hydrogens is 773 g/mol. The van der Waals surface area contributed by atoms with Gasteiger partial charge in [0.1, 0.15) is 0 Å². The normalized spacial score (nSPS) is 11.3. The maximum Gasteiger partial charge on any atom is 0.222 e. The molecule has 8 aromatic rings. The largest absolute Gasteiger partial charge is 0.274 e. The van der Waals surface area contributed by atoms with Gasteiger partial charge >= 0.3 is 0 Å². The molecule has 0 N–H and O–H groups in total. The summed E-state index contributed by atoms with van der Waals surface area (Å²) in [7, 11) is 0. The highest BCUT2D eigenvalue weighted by Crippen LogP contribution is 2.47. The molecule has 0 bridgehead atoms. The van der Waals surface area contributed by atoms with Crippen LogP contribution in [0.25, 0.3) is 68.1 Å². The van der Waals surface area contributed by atoms with Gasteiger partial charge in [0.25, 0.3) is 0 Å². The van der Waals surface area contributed by atoms with E-state index in [9.17, 15) is 0 Å². The summed E-state index contributed by atoms with van der Waals surface area (Å²) in [5.41, 5.74) is 7.25. The van der Waals surface area contributed by atoms with Crippen molar-refractivity contribution in [1.82, 2.24) is 19.1 Å². The highest BCUT2D eigenvalue weighted by molar-refractivity contribution is 6.42. The van der Waals surface area contributed by atoms with Crippen molar-refractivity contribution in [2.45, 2.75) is 0 Å². The molecule has 0 aliphatic carbocycles. The van der Waals surface area contributed by atoms with E-state index >= 15 is 0 Å². The van der Waals surface area contributed by atoms with Crippen molar-refractivity contribution >= 4 is 69.6 Å². The summed E-state index contributed by atoms with van der Waals surface area (Å²) >= 11 is 41.3. The fourth-order valence-electron chi connectivity index (χ4n) is 6.38. The molecule has 0 amide bonds. The van der Waals surface area contributed by atoms with Crippen LogP contribution >= 0.6 is 69.6 Å². The predicted molar refractivity (Wildman–Crippen MR) is 218 cm³/mol. The predicted octanol–water partition coefficient (Wildman–Crippen LogP) is 14.3. The van der Waals surface area contributed by atoms with Crippen LogP contribution in [0.2, 0.25) is 30.1 Å². The van der Waals surface area contributed by atoms with Crippen LogP contribution in [-0.4, -0.2) is 19.1 Å². The van der Waals surface area contributed by atoms with E-state index in [1.54, 1.807) is 24.3 Å². The minimum atomic E-state index is 0.315. The van der Waals surface area contributed by atoms with Crippen molar-refractivity contribution in [2.24, 2.45) is 0 Å². The van der Waals surface area contributed by atoms with Crippen LogP contribution in [0.15, 0.2) is 146 Å². The molecule has 0 unspecified atom stereocenters. The molecule has 2 heterocycles. The maximum atomic E-state index is 7.13. The Balaban J connectivity index is 1.63. The molecule has 6 aromatic carbocycles. The quantitative estimate of drug-likeness (QED) is 0.161. The third kappa shape index (κ3) is 6.30. The molecule has 10 heteroatoms. The number of nitrogens with zero attached hydrogens (tertiary/aromatic N) is 4. The zero-order chi connectivity index (χ0) is 35.9. The first kappa shape index (κ1) is 34.6. The van der Waals surface area contributed by atoms with E-state index in [4.69, 9.17) is 79.6 Å². The summed E-state index contributed by atoms with van der Waals surface area (Å²) < 4.78 is 3.93. The molecule has 0 saturated heterocycles. The van der Waals surface area contributed by atoms with E-state index in [0.717, 1.165) is 33.6 Å². The summed E-state index contributed by atoms with van der Waals surface area (Å²) in [6.07, 6.45) is 0. The van der Waals surface area contributed by atoms with Crippen molar-refractivity contribution in [3.8, 4) is 68.1 Å². The lowest BCUT2D eigenvalue weighted by Crippen LogP contribution is -2.11. The summed E-state index contributed by atoms with van der Waals surface area (Å²) in [5, 5.41) is 2.06. The molecule has 0 saturated carbocycles. The van der Waals surface area contributed by atoms with Gasteiger partial charge in [0.05, 0.1) is 54.1 Å². The second kappa shape index (κ2) is 14.5. The molecule has 0 spiro atoms. The number of hydrogen-bond donors (Lipinski definition) is 0. The van der Waals surface area contributed by atoms with Gasteiger partial charge in [-0.3, -0.25) is 9.13 Å². The molecule has 8 rings (SSSR count). The lowest BCUT2D eigenvalue weighted by molar-refractivity contribution is 0.904. The van der Waals surface area contributed by atoms with Crippen molar-refractivity contribution < 1.29 is 0 Å². The SMILES string of the molecule is Clc1cc(Cl)c(-c2nc(-c3ccccc3)c(-c3ccccc3)n2-c2nc(-c3ccccc3)c(-c3ccccc3)n2-c2c(Cl)cc(Cl)cc2Cl)c(Cl)c1. The first-order chi connectivity index (χ1) is 25.3. The molecule has 0 atom stereocenters. The van der Waals surface area contributed by atoms with Gasteiger partial charge in [-0.1, -0.05) is 191 Å². The Bertz CT molecular complexity index is 2520. The Labute approximate surface area is 330 Å². The Kier molecular flexibility index (Phi) is 9.62. The van der Waals surface area contributed by atoms with Gasteiger partial charge in [-0.15, -0.1) is 0 Å². The Morgan fingerprint density at radius 2 is 0.750 bits per heavy atom. The fraction of sp³-hybridized carbons (Fsp3) is 0. The molecule has 254 valence electrons. The van der Waals surface area contributed by atoms with Gasteiger partial charge in [-0.25, -0.2) is 9.97 Å². The van der Waals surface area contributed by atoms with Crippen LogP contribution in [0.3, 0.4) is 0 Å². The molecular formula is C42H24Cl6N4. The standard InChI is InChI=1S/C42H24Cl6N4/c43-29-21-31(45)35(32(46)22-29)41-49-36(25-13-5-1-6-14-25)39(28-19-11-4-12-20-28)52(41)42-50-37(26-15-7-2-8-16-26)38(27-17-9-3-10-18-27)51(42)40-33(47)23-30(44)24-34(40)48/h1-24H. The van der Waals surface area contributed by atoms with Crippen LogP contribution in [0, 0.1) is 0 Å². The van der Waals surface area contributed by atoms with Crippen molar-refractivity contribution in [3.05, 3.63) is 176 Å². The Morgan fingerprint density at radius 1 is 0.385 bits per heavy atom. The number of halogens is 6. The minimum Gasteiger partial charge on any atom is -0.274 e. The molecule has 52 heavy (non-hydrogen) atoms. The van der Waals surface area contributed by atoms with E-state index < -0.39 is 0 Å². The van der Waals surface area contributed by atoms with Gasteiger partial charge in [0, 0.05) is 32.3 Å². The van der Waals surface area contributed by atoms with Gasteiger partial charge in [-0.2, -0.15) is 0 Å². The number of aromatic nitrogens is 4. The number of rotatable bonds is 7. The van der Waals surface area contributed by atoms with Crippen molar-refractivity contribution in [3.63, 3.8) is 0 Å². The highest BCUT2D eigenvalue weighted by atomic mass is 35.5. The van der Waals surface area contributed by atoms with Gasteiger partial charge < -0.3 is 0 Å². The molecule has 0 fully saturated rings. The van der Waals surface area contributed by atoms with Crippen LogP contribution in [0.4, 0.5) is 0 Å². The number of imidazole rings is 2. The Hall–Kier alpha value is -4.52. The van der Waals surface area contributed by atoms with Gasteiger partial charge in [0.15, 0.2) is 5.82 Å². The summed E-state index contributed by atoms with van der Waals surface area (Å²) in [6, 6.07) is 46.5. The molecule has 0 aliphatic rings. The first-order valence-electron chi connectivity index (χ1n) is 16.1. The molecule has 0 radical (unpaired) electrons. The number of hydrogen-bond acceptors (Lipinski definition) is 2. The highest BCUT2D eigenvalue weighted by Gasteiger charge is 2.32. The van der Waals surface area contributed by atoms with E-state index in [1.807, 2.05) is 130 Å². The monoisotopic (exact) mass is 794 g/mol. The third-order valence-corrected chi connectivity index (χ3v) is 10.2. The van der Waals surface area contributed by atoms with Gasteiger partial charge in [-0.05, 0) is 24.3 Å². The minimum absolute atomic E-state index is 0.315. The van der Waals surface area contributed by atoms with Gasteiger partial charge in [0.2, 0.25) is 5.95 Å². The second-order valence-corrected chi connectivity index (χ2v) is 14.3. The zero-order valence-corrected chi connectivity index (χ0v) is 31.4. The van der Waals surface area contributed by atoms with E-state index in [0.29, 0.717) is 64.5 Å². The fourth-order valence-corrected chi connectivity index (χ4v) is 8.35. The van der Waals surface area contributed by atoms with Crippen LogP contribution in [-0.2, 0) is 0 Å². The van der Waals surface area contributed by atoms with E-state index in [-0.39, 0.29) is 0 Å². The lowest BCUT2D eigenvalue weighted by atomic mass is 10.0. The van der Waals surface area contributed by atoms with Crippen LogP contribution in [0.5, 0.6) is 0 Å². The average molecular weight is 797 g/mol. The molecule has 0 aliphatic heterocycles. The Morgan fingerprint density at radius 3 is 1.19 bits per heavy atom. The van der Waals surface area contributed by atoms with Crippen LogP contribution < -0.4 is 0 Å². The molecule has 4 nitrogen and oxygen atoms in total. The summed E-state index contributed by atoms with van der Waals surface area (Å²) in [6.45, 7) is 0. The van der Waals surface area contributed by atoms with E-state index in [1.165, 1.54) is 0 Å². The second-order valence-electron chi connectivity index (χ2n) is 11.8. The third-order valence-electron chi connectivity index (χ3n) is 8.56. The topological polar surface area (TPSA) is 35.6 Å². The summed E-state index contributed by atoms with van der Waals surface area (Å²) in [5.74, 6) is 0.852. The average Bonchev–Trinajstić information content (AvgIpc) is 3.72. The number of benzene rings is 6. The summed E-state index contributed by atoms with van der Waals surface area (Å²) in [4.78, 5) is 10.8. The smallest absolute Gasteiger partial charge is 0.222 e. The zero-order valence-electron chi connectivity index (χ0n) is 26.9. The maximum absolute atomic E-state index is 7.13. The lowest BCUT2D eigenvalue weighted by Gasteiger charge is -2.19. The van der Waals surface area contributed by atoms with Crippen molar-refractivity contribution in [2.75, 3.05) is 0 Å².